The third-order valence-electron chi connectivity index (χ3n) is 5.59. The first-order chi connectivity index (χ1) is 13.6. The minimum Gasteiger partial charge on any atom is -0.487 e. The molecule has 0 saturated carbocycles. The van der Waals surface area contributed by atoms with Gasteiger partial charge in [-0.2, -0.15) is 0 Å². The van der Waals surface area contributed by atoms with Gasteiger partial charge in [-0.15, -0.1) is 0 Å². The second-order valence-corrected chi connectivity index (χ2v) is 7.33. The highest BCUT2D eigenvalue weighted by Crippen LogP contribution is 2.39. The first kappa shape index (κ1) is 18.3. The summed E-state index contributed by atoms with van der Waals surface area (Å²) in [6.45, 7) is 1.23. The van der Waals surface area contributed by atoms with Crippen LogP contribution in [0.25, 0.3) is 0 Å². The van der Waals surface area contributed by atoms with E-state index in [0.717, 1.165) is 36.9 Å². The lowest BCUT2D eigenvalue weighted by Crippen LogP contribution is -2.52. The summed E-state index contributed by atoms with van der Waals surface area (Å²) in [6.07, 6.45) is 3.24. The van der Waals surface area contributed by atoms with E-state index >= 15 is 0 Å². The second kappa shape index (κ2) is 7.52. The fraction of sp³-hybridized carbons (Fsp3) is 0.333. The highest BCUT2D eigenvalue weighted by molar-refractivity contribution is 5.94. The number of para-hydroxylation sites is 1. The Morgan fingerprint density at radius 3 is 2.50 bits per heavy atom. The molecule has 7 heteroatoms. The number of hydroxylamine groups is 1. The van der Waals surface area contributed by atoms with Crippen molar-refractivity contribution in [3.8, 4) is 5.75 Å². The zero-order valence-electron chi connectivity index (χ0n) is 15.5. The number of anilines is 1. The lowest BCUT2D eigenvalue weighted by atomic mass is 9.83. The van der Waals surface area contributed by atoms with Crippen molar-refractivity contribution in [2.45, 2.75) is 31.3 Å². The third kappa shape index (κ3) is 3.66. The van der Waals surface area contributed by atoms with Gasteiger partial charge in [0, 0.05) is 37.2 Å². The molecule has 146 valence electrons. The van der Waals surface area contributed by atoms with Crippen molar-refractivity contribution in [3.63, 3.8) is 0 Å². The molecule has 0 bridgehead atoms. The highest BCUT2D eigenvalue weighted by Gasteiger charge is 2.40. The Morgan fingerprint density at radius 1 is 1.04 bits per heavy atom. The molecule has 0 aliphatic carbocycles. The molecule has 2 aliphatic heterocycles. The predicted molar refractivity (Wildman–Crippen MR) is 104 cm³/mol. The molecule has 7 nitrogen and oxygen atoms in total. The maximum Gasteiger partial charge on any atom is 0.321 e. The molecule has 2 aromatic carbocycles. The van der Waals surface area contributed by atoms with Crippen LogP contribution in [0, 0.1) is 0 Å². The molecule has 0 atom stereocenters. The Bertz CT molecular complexity index is 876. The fourth-order valence-corrected chi connectivity index (χ4v) is 3.90. The number of likely N-dealkylation sites (tertiary alicyclic amines) is 1. The smallest absolute Gasteiger partial charge is 0.321 e. The Hall–Kier alpha value is -3.06. The number of carbonyl (C=O) groups is 2. The van der Waals surface area contributed by atoms with Gasteiger partial charge in [0.1, 0.15) is 11.4 Å². The maximum atomic E-state index is 12.5. The van der Waals surface area contributed by atoms with Gasteiger partial charge < -0.3 is 15.0 Å². The number of carbonyl (C=O) groups excluding carboxylic acids is 2. The van der Waals surface area contributed by atoms with Gasteiger partial charge in [0.2, 0.25) is 0 Å². The minimum atomic E-state index is -0.557. The Morgan fingerprint density at radius 2 is 1.79 bits per heavy atom. The molecule has 1 fully saturated rings. The molecule has 0 radical (unpaired) electrons. The summed E-state index contributed by atoms with van der Waals surface area (Å²) in [5.74, 6) is 0.132. The number of rotatable bonds is 2. The monoisotopic (exact) mass is 381 g/mol. The first-order valence-corrected chi connectivity index (χ1v) is 9.46. The number of aryl methyl sites for hydroxylation is 1. The van der Waals surface area contributed by atoms with E-state index in [9.17, 15) is 9.59 Å². The lowest BCUT2D eigenvalue weighted by molar-refractivity contribution is -0.00445. The second-order valence-electron chi connectivity index (χ2n) is 7.33. The minimum absolute atomic E-state index is 0.0980. The first-order valence-electron chi connectivity index (χ1n) is 9.46. The molecule has 0 aromatic heterocycles. The number of amides is 3. The van der Waals surface area contributed by atoms with Gasteiger partial charge in [0.25, 0.3) is 5.91 Å². The van der Waals surface area contributed by atoms with Gasteiger partial charge in [-0.05, 0) is 42.7 Å². The molecule has 4 rings (SSSR count). The molecule has 1 spiro atoms. The average molecular weight is 381 g/mol. The van der Waals surface area contributed by atoms with Crippen molar-refractivity contribution in [1.29, 1.82) is 0 Å². The van der Waals surface area contributed by atoms with E-state index in [-0.39, 0.29) is 11.6 Å². The number of hydrogen-bond acceptors (Lipinski definition) is 4. The van der Waals surface area contributed by atoms with E-state index in [2.05, 4.69) is 5.32 Å². The van der Waals surface area contributed by atoms with Crippen LogP contribution >= 0.6 is 0 Å². The third-order valence-corrected chi connectivity index (χ3v) is 5.59. The van der Waals surface area contributed by atoms with Gasteiger partial charge in [0.05, 0.1) is 0 Å². The van der Waals surface area contributed by atoms with E-state index in [1.807, 2.05) is 41.3 Å². The molecule has 2 heterocycles. The molecular weight excluding hydrogens is 358 g/mol. The molecule has 3 amide bonds. The Kier molecular flexibility index (Phi) is 4.92. The molecule has 28 heavy (non-hydrogen) atoms. The lowest BCUT2D eigenvalue weighted by Gasteiger charge is -2.44. The number of fused-ring (bicyclic) bond motifs is 1. The zero-order chi connectivity index (χ0) is 19.6. The van der Waals surface area contributed by atoms with Crippen LogP contribution in [-0.2, 0) is 6.42 Å². The highest BCUT2D eigenvalue weighted by atomic mass is 16.5. The van der Waals surface area contributed by atoms with Crippen LogP contribution < -0.4 is 15.5 Å². The van der Waals surface area contributed by atoms with Crippen LogP contribution in [0.15, 0.2) is 48.5 Å². The largest absolute Gasteiger partial charge is 0.487 e. The summed E-state index contributed by atoms with van der Waals surface area (Å²) in [6, 6.07) is 14.6. The number of nitrogens with zero attached hydrogens (tertiary/aromatic N) is 1. The molecule has 3 N–H and O–H groups in total. The van der Waals surface area contributed by atoms with Crippen LogP contribution in [0.3, 0.4) is 0 Å². The number of benzene rings is 2. The van der Waals surface area contributed by atoms with Gasteiger partial charge in [0.15, 0.2) is 0 Å². The Balaban J connectivity index is 1.40. The number of ether oxygens (including phenoxy) is 1. The van der Waals surface area contributed by atoms with Gasteiger partial charge in [-0.25, -0.2) is 10.3 Å². The topological polar surface area (TPSA) is 90.9 Å². The normalized spacial score (nSPS) is 17.4. The zero-order valence-corrected chi connectivity index (χ0v) is 15.5. The fourth-order valence-electron chi connectivity index (χ4n) is 3.90. The summed E-state index contributed by atoms with van der Waals surface area (Å²) in [5, 5.41) is 11.8. The number of nitrogens with one attached hydrogen (secondary N) is 2. The maximum absolute atomic E-state index is 12.5. The van der Waals surface area contributed by atoms with E-state index < -0.39 is 5.91 Å². The van der Waals surface area contributed by atoms with Crippen molar-refractivity contribution >= 4 is 17.6 Å². The summed E-state index contributed by atoms with van der Waals surface area (Å²) in [5.41, 5.74) is 3.54. The van der Waals surface area contributed by atoms with E-state index in [4.69, 9.17) is 9.94 Å². The van der Waals surface area contributed by atoms with Crippen molar-refractivity contribution < 1.29 is 19.5 Å². The predicted octanol–water partition coefficient (Wildman–Crippen LogP) is 3.20. The number of hydrogen-bond donors (Lipinski definition) is 3. The van der Waals surface area contributed by atoms with Gasteiger partial charge >= 0.3 is 6.03 Å². The Labute approximate surface area is 163 Å². The van der Waals surface area contributed by atoms with Gasteiger partial charge in [-0.1, -0.05) is 24.3 Å². The standard InChI is InChI=1S/C21H23N3O4/c25-19(23-27)16-7-6-15-8-9-21(28-18(15)14-16)10-12-24(13-11-21)20(26)22-17-4-2-1-3-5-17/h1-7,14,27H,8-13H2,(H,22,26)(H,23,25). The quantitative estimate of drug-likeness (QED) is 0.550. The molecular formula is C21H23N3O4. The molecule has 2 aromatic rings. The SMILES string of the molecule is O=C(NO)c1ccc2c(c1)OC1(CC2)CCN(C(=O)Nc2ccccc2)CC1. The van der Waals surface area contributed by atoms with Crippen LogP contribution in [0.2, 0.25) is 0 Å². The molecule has 0 unspecified atom stereocenters. The van der Waals surface area contributed by atoms with Crippen molar-refractivity contribution in [1.82, 2.24) is 10.4 Å². The number of urea groups is 1. The van der Waals surface area contributed by atoms with Crippen LogP contribution in [0.5, 0.6) is 5.75 Å². The summed E-state index contributed by atoms with van der Waals surface area (Å²) >= 11 is 0. The van der Waals surface area contributed by atoms with Crippen molar-refractivity contribution in [3.05, 3.63) is 59.7 Å². The van der Waals surface area contributed by atoms with Gasteiger partial charge in [-0.3, -0.25) is 10.0 Å². The average Bonchev–Trinajstić information content (AvgIpc) is 2.74. The van der Waals surface area contributed by atoms with Crippen LogP contribution in [0.1, 0.15) is 35.2 Å². The number of piperidine rings is 1. The van der Waals surface area contributed by atoms with E-state index in [1.165, 1.54) is 0 Å². The molecule has 1 saturated heterocycles. The van der Waals surface area contributed by atoms with Crippen molar-refractivity contribution in [2.75, 3.05) is 18.4 Å². The summed E-state index contributed by atoms with van der Waals surface area (Å²) in [7, 11) is 0. The van der Waals surface area contributed by atoms with E-state index in [1.54, 1.807) is 17.6 Å². The summed E-state index contributed by atoms with van der Waals surface area (Å²) in [4.78, 5) is 26.0. The van der Waals surface area contributed by atoms with Crippen LogP contribution in [0.4, 0.5) is 10.5 Å². The summed E-state index contributed by atoms with van der Waals surface area (Å²) < 4.78 is 6.32. The van der Waals surface area contributed by atoms with Crippen molar-refractivity contribution in [2.24, 2.45) is 0 Å². The van der Waals surface area contributed by atoms with Crippen LogP contribution in [-0.4, -0.2) is 40.7 Å². The molecule has 2 aliphatic rings. The van der Waals surface area contributed by atoms with E-state index in [0.29, 0.717) is 24.4 Å².